The second-order valence-corrected chi connectivity index (χ2v) is 10.5. The standard InChI is InChI=1S/C30H39N4/c1-6-34(7-2,30(3,4)5)19-11-18-33-28-21-24(32)15-17-26(28)25-16-14-23(31)20-27(25)29(33)22-12-9-8-10-13-22/h8-10,12-17,20-21,32H,6-7,11,18-19,31H2,1-5H3/q+1/p+1. The van der Waals surface area contributed by atoms with Crippen LogP contribution in [0.25, 0.3) is 32.9 Å². The van der Waals surface area contributed by atoms with E-state index in [0.717, 1.165) is 48.5 Å². The number of rotatable bonds is 7. The number of benzene rings is 3. The zero-order chi connectivity index (χ0) is 24.5. The number of aryl methyl sites for hydroxylation is 1. The van der Waals surface area contributed by atoms with Gasteiger partial charge in [-0.05, 0) is 71.0 Å². The number of hydrogen-bond acceptors (Lipinski definition) is 2. The highest BCUT2D eigenvalue weighted by atomic mass is 15.4. The minimum Gasteiger partial charge on any atom is -0.399 e. The van der Waals surface area contributed by atoms with Crippen molar-refractivity contribution >= 4 is 33.1 Å². The summed E-state index contributed by atoms with van der Waals surface area (Å²) < 4.78 is 3.58. The predicted octanol–water partition coefficient (Wildman–Crippen LogP) is 6.16. The van der Waals surface area contributed by atoms with Gasteiger partial charge in [0.05, 0.1) is 42.4 Å². The molecule has 4 rings (SSSR count). The number of quaternary nitrogens is 1. The van der Waals surface area contributed by atoms with Crippen LogP contribution in [0.1, 0.15) is 41.0 Å². The lowest BCUT2D eigenvalue weighted by molar-refractivity contribution is -0.969. The Labute approximate surface area is 204 Å². The Morgan fingerprint density at radius 3 is 2.00 bits per heavy atom. The van der Waals surface area contributed by atoms with Crippen LogP contribution in [0.2, 0.25) is 0 Å². The Balaban J connectivity index is 1.93. The molecule has 0 aliphatic carbocycles. The number of aromatic nitrogens is 1. The highest BCUT2D eigenvalue weighted by Gasteiger charge is 2.37. The van der Waals surface area contributed by atoms with Crippen molar-refractivity contribution in [1.82, 2.24) is 0 Å². The number of fused-ring (bicyclic) bond motifs is 3. The third kappa shape index (κ3) is 4.23. The Bertz CT molecular complexity index is 1300. The highest BCUT2D eigenvalue weighted by Crippen LogP contribution is 2.33. The molecule has 0 amide bonds. The van der Waals surface area contributed by atoms with Gasteiger partial charge in [0.15, 0.2) is 6.54 Å². The molecule has 0 unspecified atom stereocenters. The lowest BCUT2D eigenvalue weighted by atomic mass is 9.97. The quantitative estimate of drug-likeness (QED) is 0.151. The molecular formula is C30H40N4+2. The third-order valence-electron chi connectivity index (χ3n) is 7.82. The second kappa shape index (κ2) is 9.27. The van der Waals surface area contributed by atoms with Crippen LogP contribution in [-0.2, 0) is 6.54 Å². The minimum absolute atomic E-state index is 0.209. The Kier molecular flexibility index (Phi) is 6.55. The molecule has 3 aromatic carbocycles. The molecule has 0 radical (unpaired) electrons. The summed E-state index contributed by atoms with van der Waals surface area (Å²) in [5.74, 6) is 0. The predicted molar refractivity (Wildman–Crippen MR) is 146 cm³/mol. The Morgan fingerprint density at radius 2 is 1.38 bits per heavy atom. The highest BCUT2D eigenvalue weighted by molar-refractivity contribution is 6.10. The molecule has 0 atom stereocenters. The van der Waals surface area contributed by atoms with Gasteiger partial charge in [0.1, 0.15) is 0 Å². The Hall–Kier alpha value is -3.11. The third-order valence-corrected chi connectivity index (χ3v) is 7.82. The summed E-state index contributed by atoms with van der Waals surface area (Å²) in [7, 11) is 0. The average molecular weight is 457 g/mol. The van der Waals surface area contributed by atoms with Crippen LogP contribution in [0.15, 0.2) is 66.7 Å². The smallest absolute Gasteiger partial charge is 0.220 e. The first kappa shape index (κ1) is 24.0. The molecule has 0 fully saturated rings. The van der Waals surface area contributed by atoms with E-state index in [0.29, 0.717) is 0 Å². The molecule has 0 spiro atoms. The molecule has 4 heteroatoms. The lowest BCUT2D eigenvalue weighted by Gasteiger charge is -2.47. The van der Waals surface area contributed by atoms with Crippen molar-refractivity contribution in [3.8, 4) is 11.3 Å². The fourth-order valence-corrected chi connectivity index (χ4v) is 5.75. The number of nitrogens with zero attached hydrogens (tertiary/aromatic N) is 2. The molecule has 0 saturated heterocycles. The van der Waals surface area contributed by atoms with Crippen LogP contribution < -0.4 is 16.0 Å². The first-order chi connectivity index (χ1) is 16.2. The molecule has 1 aromatic heterocycles. The molecule has 4 N–H and O–H groups in total. The number of pyridine rings is 1. The summed E-state index contributed by atoms with van der Waals surface area (Å²) in [6.45, 7) is 16.1. The number of nitrogens with two attached hydrogens (primary N) is 2. The van der Waals surface area contributed by atoms with E-state index in [-0.39, 0.29) is 5.54 Å². The van der Waals surface area contributed by atoms with Crippen LogP contribution in [-0.4, -0.2) is 29.7 Å². The van der Waals surface area contributed by atoms with Gasteiger partial charge in [0.25, 0.3) is 0 Å². The zero-order valence-corrected chi connectivity index (χ0v) is 21.4. The number of nitrogen functional groups attached to an aromatic ring is 2. The van der Waals surface area contributed by atoms with E-state index in [9.17, 15) is 0 Å². The van der Waals surface area contributed by atoms with E-state index >= 15 is 0 Å². The van der Waals surface area contributed by atoms with Crippen molar-refractivity contribution in [1.29, 1.82) is 0 Å². The fraction of sp³-hybridized carbons (Fsp3) is 0.367. The van der Waals surface area contributed by atoms with E-state index in [1.165, 1.54) is 32.9 Å². The van der Waals surface area contributed by atoms with Crippen LogP contribution in [0.3, 0.4) is 0 Å². The summed E-state index contributed by atoms with van der Waals surface area (Å²) in [6, 6.07) is 23.2. The van der Waals surface area contributed by atoms with Crippen molar-refractivity contribution in [2.24, 2.45) is 0 Å². The molecule has 178 valence electrons. The van der Waals surface area contributed by atoms with Gasteiger partial charge >= 0.3 is 0 Å². The van der Waals surface area contributed by atoms with Crippen molar-refractivity contribution in [2.75, 3.05) is 31.1 Å². The van der Waals surface area contributed by atoms with E-state index in [4.69, 9.17) is 11.5 Å². The zero-order valence-electron chi connectivity index (χ0n) is 21.4. The van der Waals surface area contributed by atoms with Crippen molar-refractivity contribution in [2.45, 2.75) is 53.1 Å². The van der Waals surface area contributed by atoms with E-state index in [1.807, 2.05) is 12.1 Å². The van der Waals surface area contributed by atoms with Crippen LogP contribution in [0, 0.1) is 0 Å². The maximum Gasteiger partial charge on any atom is 0.220 e. The van der Waals surface area contributed by atoms with Crippen molar-refractivity contribution in [3.05, 3.63) is 66.7 Å². The number of anilines is 2. The van der Waals surface area contributed by atoms with E-state index in [1.54, 1.807) is 0 Å². The maximum absolute atomic E-state index is 6.31. The molecule has 0 aliphatic rings. The maximum atomic E-state index is 6.31. The molecule has 34 heavy (non-hydrogen) atoms. The topological polar surface area (TPSA) is 55.9 Å². The van der Waals surface area contributed by atoms with Gasteiger partial charge in [-0.2, -0.15) is 4.57 Å². The van der Waals surface area contributed by atoms with Crippen LogP contribution >= 0.6 is 0 Å². The van der Waals surface area contributed by atoms with Gasteiger partial charge in [0, 0.05) is 28.4 Å². The van der Waals surface area contributed by atoms with E-state index in [2.05, 4.69) is 93.8 Å². The molecule has 0 aliphatic heterocycles. The number of hydrogen-bond donors (Lipinski definition) is 2. The summed E-state index contributed by atoms with van der Waals surface area (Å²) in [5, 5.41) is 3.61. The van der Waals surface area contributed by atoms with Crippen molar-refractivity contribution < 1.29 is 9.05 Å². The van der Waals surface area contributed by atoms with E-state index < -0.39 is 0 Å². The largest absolute Gasteiger partial charge is 0.399 e. The van der Waals surface area contributed by atoms with Crippen LogP contribution in [0.5, 0.6) is 0 Å². The average Bonchev–Trinajstić information content (AvgIpc) is 2.81. The SMILES string of the molecule is CC[N+](CC)(CCC[n+]1c(-c2ccccc2)c2cc(N)ccc2c2ccc(N)cc21)C(C)(C)C. The molecule has 4 aromatic rings. The van der Waals surface area contributed by atoms with Gasteiger partial charge in [-0.3, -0.25) is 0 Å². The van der Waals surface area contributed by atoms with Gasteiger partial charge in [-0.15, -0.1) is 0 Å². The monoisotopic (exact) mass is 456 g/mol. The summed E-state index contributed by atoms with van der Waals surface area (Å²) in [4.78, 5) is 0. The Morgan fingerprint density at radius 1 is 0.765 bits per heavy atom. The van der Waals surface area contributed by atoms with Crippen LogP contribution in [0.4, 0.5) is 11.4 Å². The summed E-state index contributed by atoms with van der Waals surface area (Å²) in [6.07, 6.45) is 1.08. The normalized spacial score (nSPS) is 12.5. The van der Waals surface area contributed by atoms with Gasteiger partial charge in [-0.25, -0.2) is 0 Å². The fourth-order valence-electron chi connectivity index (χ4n) is 5.75. The summed E-state index contributed by atoms with van der Waals surface area (Å²) >= 11 is 0. The summed E-state index contributed by atoms with van der Waals surface area (Å²) in [5.41, 5.74) is 18.0. The molecule has 0 bridgehead atoms. The van der Waals surface area contributed by atoms with Gasteiger partial charge in [0.2, 0.25) is 11.2 Å². The molecular weight excluding hydrogens is 416 g/mol. The first-order valence-electron chi connectivity index (χ1n) is 12.6. The second-order valence-electron chi connectivity index (χ2n) is 10.5. The van der Waals surface area contributed by atoms with Crippen molar-refractivity contribution in [3.63, 3.8) is 0 Å². The molecule has 0 saturated carbocycles. The molecule has 4 nitrogen and oxygen atoms in total. The van der Waals surface area contributed by atoms with Gasteiger partial charge < -0.3 is 16.0 Å². The molecule has 1 heterocycles. The lowest BCUT2D eigenvalue weighted by Crippen LogP contribution is -2.60. The van der Waals surface area contributed by atoms with Gasteiger partial charge in [-0.1, -0.05) is 24.3 Å². The minimum atomic E-state index is 0.209. The first-order valence-corrected chi connectivity index (χ1v) is 12.6.